The number of ether oxygens (including phenoxy) is 2. The van der Waals surface area contributed by atoms with E-state index in [1.165, 1.54) is 0 Å². The molecule has 28 heavy (non-hydrogen) atoms. The number of carbonyl (C=O) groups is 2. The number of rotatable bonds is 4. The Morgan fingerprint density at radius 3 is 2.68 bits per heavy atom. The third kappa shape index (κ3) is 4.27. The largest absolute Gasteiger partial charge is 0.474 e. The Hall–Kier alpha value is -2.22. The molecule has 0 N–H and O–H groups in total. The normalized spacial score (nSPS) is 24.6. The van der Waals surface area contributed by atoms with Gasteiger partial charge in [-0.25, -0.2) is 4.98 Å². The Morgan fingerprint density at radius 2 is 1.96 bits per heavy atom. The van der Waals surface area contributed by atoms with Gasteiger partial charge in [0.1, 0.15) is 11.9 Å². The minimum absolute atomic E-state index is 0.0577. The van der Waals surface area contributed by atoms with Gasteiger partial charge in [-0.2, -0.15) is 4.98 Å². The minimum Gasteiger partial charge on any atom is -0.474 e. The van der Waals surface area contributed by atoms with Crippen LogP contribution >= 0.6 is 0 Å². The number of hydrogen-bond donors (Lipinski definition) is 0. The summed E-state index contributed by atoms with van der Waals surface area (Å²) >= 11 is 0. The highest BCUT2D eigenvalue weighted by atomic mass is 16.5. The number of piperidine rings is 1. The summed E-state index contributed by atoms with van der Waals surface area (Å²) < 4.78 is 11.3. The van der Waals surface area contributed by atoms with E-state index in [9.17, 15) is 9.59 Å². The van der Waals surface area contributed by atoms with Crippen LogP contribution in [0.3, 0.4) is 0 Å². The Bertz CT molecular complexity index is 714. The summed E-state index contributed by atoms with van der Waals surface area (Å²) in [6, 6.07) is 1.99. The first kappa shape index (κ1) is 19.1. The molecule has 0 aromatic carbocycles. The number of likely N-dealkylation sites (tertiary alicyclic amines) is 2. The summed E-state index contributed by atoms with van der Waals surface area (Å²) in [5.74, 6) is 1.29. The summed E-state index contributed by atoms with van der Waals surface area (Å²) in [5, 5.41) is 0. The van der Waals surface area contributed by atoms with E-state index in [0.717, 1.165) is 25.7 Å². The molecule has 0 saturated carbocycles. The number of aromatic nitrogens is 2. The summed E-state index contributed by atoms with van der Waals surface area (Å²) in [4.78, 5) is 37.6. The number of carbonyl (C=O) groups excluding carboxylic acids is 2. The maximum absolute atomic E-state index is 12.9. The van der Waals surface area contributed by atoms with E-state index in [1.54, 1.807) is 12.3 Å². The van der Waals surface area contributed by atoms with Crippen LogP contribution in [-0.4, -0.2) is 76.6 Å². The molecule has 0 spiro atoms. The third-order valence-corrected chi connectivity index (χ3v) is 5.93. The van der Waals surface area contributed by atoms with Crippen molar-refractivity contribution in [3.05, 3.63) is 18.1 Å². The molecule has 3 saturated heterocycles. The van der Waals surface area contributed by atoms with Crippen molar-refractivity contribution < 1.29 is 19.1 Å². The maximum Gasteiger partial charge on any atom is 0.227 e. The zero-order valence-electron chi connectivity index (χ0n) is 16.4. The van der Waals surface area contributed by atoms with E-state index in [4.69, 9.17) is 9.47 Å². The van der Waals surface area contributed by atoms with Gasteiger partial charge in [0.25, 0.3) is 0 Å². The highest BCUT2D eigenvalue weighted by Crippen LogP contribution is 2.27. The van der Waals surface area contributed by atoms with E-state index in [-0.39, 0.29) is 29.9 Å². The molecular formula is C20H28N4O4. The van der Waals surface area contributed by atoms with Gasteiger partial charge in [-0.15, -0.1) is 0 Å². The van der Waals surface area contributed by atoms with Gasteiger partial charge in [0, 0.05) is 70.4 Å². The topological polar surface area (TPSA) is 84.9 Å². The lowest BCUT2D eigenvalue weighted by molar-refractivity contribution is -0.137. The van der Waals surface area contributed by atoms with Crippen LogP contribution in [0.5, 0.6) is 5.88 Å². The van der Waals surface area contributed by atoms with Crippen molar-refractivity contribution in [1.82, 2.24) is 19.8 Å². The predicted molar refractivity (Wildman–Crippen MR) is 101 cm³/mol. The molecule has 0 bridgehead atoms. The van der Waals surface area contributed by atoms with E-state index < -0.39 is 0 Å². The average molecular weight is 388 g/mol. The second-order valence-corrected chi connectivity index (χ2v) is 7.88. The van der Waals surface area contributed by atoms with Crippen LogP contribution in [0.25, 0.3) is 0 Å². The number of amides is 2. The minimum atomic E-state index is -0.211. The molecule has 4 rings (SSSR count). The molecular weight excluding hydrogens is 360 g/mol. The Balaban J connectivity index is 1.27. The summed E-state index contributed by atoms with van der Waals surface area (Å²) in [6.07, 6.45) is 5.39. The van der Waals surface area contributed by atoms with E-state index in [0.29, 0.717) is 51.0 Å². The van der Waals surface area contributed by atoms with Crippen molar-refractivity contribution in [2.45, 2.75) is 51.2 Å². The monoisotopic (exact) mass is 388 g/mol. The highest BCUT2D eigenvalue weighted by molar-refractivity contribution is 5.89. The van der Waals surface area contributed by atoms with Crippen LogP contribution in [0, 0.1) is 12.8 Å². The molecule has 2 amide bonds. The quantitative estimate of drug-likeness (QED) is 0.770. The predicted octanol–water partition coefficient (Wildman–Crippen LogP) is 1.18. The molecule has 3 fully saturated rings. The Morgan fingerprint density at radius 1 is 1.21 bits per heavy atom. The molecule has 3 aliphatic heterocycles. The number of aryl methyl sites for hydroxylation is 1. The number of nitrogens with zero attached hydrogens (tertiary/aromatic N) is 4. The molecule has 3 aliphatic rings. The van der Waals surface area contributed by atoms with Gasteiger partial charge in [0.05, 0.1) is 5.92 Å². The van der Waals surface area contributed by atoms with Crippen molar-refractivity contribution in [2.75, 3.05) is 32.8 Å². The fourth-order valence-electron chi connectivity index (χ4n) is 4.37. The van der Waals surface area contributed by atoms with Gasteiger partial charge < -0.3 is 19.3 Å². The molecule has 152 valence electrons. The average Bonchev–Trinajstić information content (AvgIpc) is 3.10. The molecule has 1 aromatic rings. The highest BCUT2D eigenvalue weighted by Gasteiger charge is 2.40. The molecule has 0 aliphatic carbocycles. The fourth-order valence-corrected chi connectivity index (χ4v) is 4.37. The smallest absolute Gasteiger partial charge is 0.227 e. The summed E-state index contributed by atoms with van der Waals surface area (Å²) in [7, 11) is 0. The zero-order valence-corrected chi connectivity index (χ0v) is 16.4. The van der Waals surface area contributed by atoms with Crippen molar-refractivity contribution in [3.63, 3.8) is 0 Å². The Kier molecular flexibility index (Phi) is 5.75. The van der Waals surface area contributed by atoms with Crippen molar-refractivity contribution in [3.8, 4) is 5.88 Å². The first-order valence-corrected chi connectivity index (χ1v) is 10.2. The lowest BCUT2D eigenvalue weighted by Crippen LogP contribution is -2.45. The molecule has 0 radical (unpaired) electrons. The molecule has 1 atom stereocenters. The second-order valence-electron chi connectivity index (χ2n) is 7.88. The lowest BCUT2D eigenvalue weighted by atomic mass is 10.0. The van der Waals surface area contributed by atoms with Gasteiger partial charge >= 0.3 is 0 Å². The summed E-state index contributed by atoms with van der Waals surface area (Å²) in [5.41, 5.74) is 0. The van der Waals surface area contributed by atoms with Crippen molar-refractivity contribution >= 4 is 11.8 Å². The molecule has 1 aromatic heterocycles. The molecule has 8 nitrogen and oxygen atoms in total. The SMILES string of the molecule is Cc1nccc(OC2CCN(C(=O)[C@H]3CC(=O)N(C4CCOCC4)C3)CC2)n1. The first-order valence-electron chi connectivity index (χ1n) is 10.2. The van der Waals surface area contributed by atoms with Gasteiger partial charge in [0.15, 0.2) is 0 Å². The van der Waals surface area contributed by atoms with E-state index in [2.05, 4.69) is 9.97 Å². The van der Waals surface area contributed by atoms with Crippen LogP contribution < -0.4 is 4.74 Å². The van der Waals surface area contributed by atoms with E-state index in [1.807, 2.05) is 16.7 Å². The molecule has 4 heterocycles. The lowest BCUT2D eigenvalue weighted by Gasteiger charge is -2.34. The van der Waals surface area contributed by atoms with E-state index >= 15 is 0 Å². The first-order chi connectivity index (χ1) is 13.6. The molecule has 8 heteroatoms. The van der Waals surface area contributed by atoms with Gasteiger partial charge in [-0.1, -0.05) is 0 Å². The summed E-state index contributed by atoms with van der Waals surface area (Å²) in [6.45, 7) is 5.11. The second kappa shape index (κ2) is 8.43. The van der Waals surface area contributed by atoms with Crippen LogP contribution in [0.1, 0.15) is 37.9 Å². The van der Waals surface area contributed by atoms with Crippen LogP contribution in [0.15, 0.2) is 12.3 Å². The van der Waals surface area contributed by atoms with Crippen molar-refractivity contribution in [2.24, 2.45) is 5.92 Å². The van der Waals surface area contributed by atoms with Crippen LogP contribution in [0.2, 0.25) is 0 Å². The number of hydrogen-bond acceptors (Lipinski definition) is 6. The maximum atomic E-state index is 12.9. The van der Waals surface area contributed by atoms with Crippen LogP contribution in [-0.2, 0) is 14.3 Å². The fraction of sp³-hybridized carbons (Fsp3) is 0.700. The van der Waals surface area contributed by atoms with Gasteiger partial charge in [-0.3, -0.25) is 9.59 Å². The zero-order chi connectivity index (χ0) is 19.5. The van der Waals surface area contributed by atoms with Gasteiger partial charge in [-0.05, 0) is 19.8 Å². The Labute approximate surface area is 165 Å². The van der Waals surface area contributed by atoms with Crippen molar-refractivity contribution in [1.29, 1.82) is 0 Å². The standard InChI is InChI=1S/C20H28N4O4/c1-14-21-7-2-18(22-14)28-17-3-8-23(9-4-17)20(26)15-12-19(25)24(13-15)16-5-10-27-11-6-16/h2,7,15-17H,3-6,8-13H2,1H3/t15-/m0/s1. The molecule has 0 unspecified atom stereocenters. The van der Waals surface area contributed by atoms with Crippen LogP contribution in [0.4, 0.5) is 0 Å². The third-order valence-electron chi connectivity index (χ3n) is 5.93. The van der Waals surface area contributed by atoms with Gasteiger partial charge in [0.2, 0.25) is 17.7 Å².